The number of imidazole rings is 1. The van der Waals surface area contributed by atoms with Gasteiger partial charge in [0.25, 0.3) is 5.91 Å². The second-order valence-corrected chi connectivity index (χ2v) is 6.88. The summed E-state index contributed by atoms with van der Waals surface area (Å²) in [5, 5.41) is 6.82. The third-order valence-corrected chi connectivity index (χ3v) is 5.33. The van der Waals surface area contributed by atoms with E-state index >= 15 is 0 Å². The van der Waals surface area contributed by atoms with Crippen LogP contribution < -0.4 is 5.43 Å². The van der Waals surface area contributed by atoms with Crippen molar-refractivity contribution in [1.29, 1.82) is 0 Å². The zero-order valence-corrected chi connectivity index (χ0v) is 14.4. The number of hydrogen-bond donors (Lipinski definition) is 1. The maximum absolute atomic E-state index is 11.9. The molecule has 118 valence electrons. The molecule has 23 heavy (non-hydrogen) atoms. The number of nitrogens with one attached hydrogen (secondary N) is 1. The van der Waals surface area contributed by atoms with Crippen LogP contribution in [0.25, 0.3) is 11.0 Å². The quantitative estimate of drug-likeness (QED) is 0.439. The number of amides is 1. The smallest absolute Gasteiger partial charge is 0.250 e. The molecule has 0 atom stereocenters. The molecule has 0 aliphatic heterocycles. The average molecular weight is 344 g/mol. The Morgan fingerprint density at radius 3 is 3.00 bits per heavy atom. The van der Waals surface area contributed by atoms with Gasteiger partial charge in [0.1, 0.15) is 0 Å². The van der Waals surface area contributed by atoms with Crippen molar-refractivity contribution in [2.45, 2.75) is 12.1 Å². The number of carbonyl (C=O) groups is 1. The molecule has 0 radical (unpaired) electrons. The number of aryl methyl sites for hydroxylation is 2. The van der Waals surface area contributed by atoms with Gasteiger partial charge in [-0.15, -0.1) is 11.3 Å². The Balaban J connectivity index is 1.57. The van der Waals surface area contributed by atoms with Crippen LogP contribution >= 0.6 is 23.1 Å². The average Bonchev–Trinajstić information content (AvgIpc) is 3.10. The van der Waals surface area contributed by atoms with E-state index in [1.165, 1.54) is 11.8 Å². The number of benzene rings is 1. The van der Waals surface area contributed by atoms with Crippen LogP contribution in [0.15, 0.2) is 46.0 Å². The number of carbonyl (C=O) groups excluding carboxylic acids is 1. The summed E-state index contributed by atoms with van der Waals surface area (Å²) in [6, 6.07) is 9.94. The zero-order valence-electron chi connectivity index (χ0n) is 12.8. The fraction of sp³-hybridized carbons (Fsp3) is 0.188. The standard InChI is InChI=1S/C16H16N4OS2/c1-11-7-8-22-14(11)9-17-19-15(21)10-23-16-18-12-5-3-4-6-13(12)20(16)2/h3-9H,10H2,1-2H3,(H,19,21)/b17-9-. The third kappa shape index (κ3) is 3.62. The van der Waals surface area contributed by atoms with Gasteiger partial charge < -0.3 is 4.57 Å². The minimum Gasteiger partial charge on any atom is -0.322 e. The van der Waals surface area contributed by atoms with Crippen molar-refractivity contribution >= 4 is 46.3 Å². The molecule has 0 aliphatic carbocycles. The Labute approximate surface area is 142 Å². The number of thiophene rings is 1. The summed E-state index contributed by atoms with van der Waals surface area (Å²) in [6.45, 7) is 2.02. The summed E-state index contributed by atoms with van der Waals surface area (Å²) in [4.78, 5) is 17.5. The van der Waals surface area contributed by atoms with E-state index in [2.05, 4.69) is 15.5 Å². The Kier molecular flexibility index (Phi) is 4.78. The summed E-state index contributed by atoms with van der Waals surface area (Å²) in [5.74, 6) is 0.130. The highest BCUT2D eigenvalue weighted by atomic mass is 32.2. The summed E-state index contributed by atoms with van der Waals surface area (Å²) in [6.07, 6.45) is 1.68. The van der Waals surface area contributed by atoms with Gasteiger partial charge in [0.2, 0.25) is 0 Å². The summed E-state index contributed by atoms with van der Waals surface area (Å²) >= 11 is 3.00. The molecule has 0 bridgehead atoms. The zero-order chi connectivity index (χ0) is 16.2. The van der Waals surface area contributed by atoms with Gasteiger partial charge in [0, 0.05) is 11.9 Å². The Hall–Kier alpha value is -2.12. The first-order valence-electron chi connectivity index (χ1n) is 7.05. The van der Waals surface area contributed by atoms with E-state index in [0.29, 0.717) is 0 Å². The number of aromatic nitrogens is 2. The lowest BCUT2D eigenvalue weighted by Gasteiger charge is -2.01. The van der Waals surface area contributed by atoms with Crippen LogP contribution in [0, 0.1) is 6.92 Å². The largest absolute Gasteiger partial charge is 0.322 e. The fourth-order valence-electron chi connectivity index (χ4n) is 2.09. The molecule has 0 aliphatic rings. The summed E-state index contributed by atoms with van der Waals surface area (Å²) < 4.78 is 1.99. The lowest BCUT2D eigenvalue weighted by molar-refractivity contribution is -0.118. The van der Waals surface area contributed by atoms with Crippen molar-refractivity contribution in [3.8, 4) is 0 Å². The predicted octanol–water partition coefficient (Wildman–Crippen LogP) is 3.19. The molecule has 2 heterocycles. The van der Waals surface area contributed by atoms with Gasteiger partial charge in [-0.05, 0) is 36.1 Å². The van der Waals surface area contributed by atoms with Crippen molar-refractivity contribution in [2.75, 3.05) is 5.75 Å². The molecule has 7 heteroatoms. The number of hydrogen-bond acceptors (Lipinski definition) is 5. The molecule has 0 saturated carbocycles. The second-order valence-electron chi connectivity index (χ2n) is 4.99. The van der Waals surface area contributed by atoms with Gasteiger partial charge in [-0.2, -0.15) is 5.10 Å². The molecule has 0 spiro atoms. The van der Waals surface area contributed by atoms with Crippen molar-refractivity contribution in [3.05, 3.63) is 46.2 Å². The molecule has 2 aromatic heterocycles. The third-order valence-electron chi connectivity index (χ3n) is 3.35. The van der Waals surface area contributed by atoms with E-state index in [-0.39, 0.29) is 11.7 Å². The Morgan fingerprint density at radius 2 is 2.26 bits per heavy atom. The van der Waals surface area contributed by atoms with Crippen LogP contribution in [-0.2, 0) is 11.8 Å². The molecule has 1 aromatic carbocycles. The number of thioether (sulfide) groups is 1. The van der Waals surface area contributed by atoms with Crippen molar-refractivity contribution in [2.24, 2.45) is 12.1 Å². The predicted molar refractivity (Wildman–Crippen MR) is 96.2 cm³/mol. The highest BCUT2D eigenvalue weighted by Crippen LogP contribution is 2.22. The molecule has 0 unspecified atom stereocenters. The Bertz CT molecular complexity index is 866. The number of rotatable bonds is 5. The topological polar surface area (TPSA) is 59.3 Å². The number of fused-ring (bicyclic) bond motifs is 1. The van der Waals surface area contributed by atoms with Gasteiger partial charge in [-0.3, -0.25) is 4.79 Å². The van der Waals surface area contributed by atoms with Crippen LogP contribution in [0.1, 0.15) is 10.4 Å². The van der Waals surface area contributed by atoms with Crippen LogP contribution in [-0.4, -0.2) is 27.4 Å². The van der Waals surface area contributed by atoms with Crippen LogP contribution in [0.2, 0.25) is 0 Å². The SMILES string of the molecule is Cc1ccsc1/C=N\NC(=O)CSc1nc2ccccc2n1C. The first kappa shape index (κ1) is 15.8. The van der Waals surface area contributed by atoms with Gasteiger partial charge in [-0.1, -0.05) is 23.9 Å². The van der Waals surface area contributed by atoms with Gasteiger partial charge in [0.05, 0.1) is 23.0 Å². The molecule has 1 amide bonds. The van der Waals surface area contributed by atoms with Gasteiger partial charge >= 0.3 is 0 Å². The van der Waals surface area contributed by atoms with Crippen LogP contribution in [0.4, 0.5) is 0 Å². The highest BCUT2D eigenvalue weighted by Gasteiger charge is 2.09. The van der Waals surface area contributed by atoms with E-state index in [1.54, 1.807) is 17.6 Å². The lowest BCUT2D eigenvalue weighted by atomic mass is 10.3. The Morgan fingerprint density at radius 1 is 1.43 bits per heavy atom. The lowest BCUT2D eigenvalue weighted by Crippen LogP contribution is -2.19. The molecular weight excluding hydrogens is 328 g/mol. The van der Waals surface area contributed by atoms with E-state index in [4.69, 9.17) is 0 Å². The molecule has 0 fully saturated rings. The first-order valence-corrected chi connectivity index (χ1v) is 8.92. The molecule has 5 nitrogen and oxygen atoms in total. The normalized spacial score (nSPS) is 11.4. The monoisotopic (exact) mass is 344 g/mol. The van der Waals surface area contributed by atoms with Gasteiger partial charge in [0.15, 0.2) is 5.16 Å². The van der Waals surface area contributed by atoms with E-state index in [0.717, 1.165) is 26.6 Å². The van der Waals surface area contributed by atoms with E-state index in [9.17, 15) is 4.79 Å². The fourth-order valence-corrected chi connectivity index (χ4v) is 3.66. The maximum Gasteiger partial charge on any atom is 0.250 e. The van der Waals surface area contributed by atoms with Crippen molar-refractivity contribution in [3.63, 3.8) is 0 Å². The van der Waals surface area contributed by atoms with Crippen LogP contribution in [0.5, 0.6) is 0 Å². The highest BCUT2D eigenvalue weighted by molar-refractivity contribution is 7.99. The second kappa shape index (κ2) is 6.97. The van der Waals surface area contributed by atoms with Crippen LogP contribution in [0.3, 0.4) is 0 Å². The molecule has 1 N–H and O–H groups in total. The van der Waals surface area contributed by atoms with Crippen molar-refractivity contribution in [1.82, 2.24) is 15.0 Å². The minimum absolute atomic E-state index is 0.146. The first-order chi connectivity index (χ1) is 11.1. The molecule has 0 saturated heterocycles. The summed E-state index contributed by atoms with van der Waals surface area (Å²) in [5.41, 5.74) is 5.70. The van der Waals surface area contributed by atoms with Crippen molar-refractivity contribution < 1.29 is 4.79 Å². The number of hydrazone groups is 1. The summed E-state index contributed by atoms with van der Waals surface area (Å²) in [7, 11) is 1.95. The number of para-hydroxylation sites is 2. The van der Waals surface area contributed by atoms with E-state index < -0.39 is 0 Å². The molecular formula is C16H16N4OS2. The molecule has 3 aromatic rings. The minimum atomic E-state index is -0.146. The molecule has 3 rings (SSSR count). The maximum atomic E-state index is 11.9. The van der Waals surface area contributed by atoms with E-state index in [1.807, 2.05) is 54.3 Å². The number of nitrogens with zero attached hydrogens (tertiary/aromatic N) is 3. The van der Waals surface area contributed by atoms with Gasteiger partial charge in [-0.25, -0.2) is 10.4 Å².